The van der Waals surface area contributed by atoms with Crippen molar-refractivity contribution in [1.29, 1.82) is 0 Å². The van der Waals surface area contributed by atoms with Crippen LogP contribution in [0.4, 0.5) is 5.69 Å². The van der Waals surface area contributed by atoms with Gasteiger partial charge in [-0.05, 0) is 42.7 Å². The Labute approximate surface area is 169 Å². The molecule has 0 spiro atoms. The van der Waals surface area contributed by atoms with E-state index in [2.05, 4.69) is 26.9 Å². The molecule has 148 valence electrons. The van der Waals surface area contributed by atoms with E-state index in [1.54, 1.807) is 7.11 Å². The molecule has 1 aromatic heterocycles. The molecule has 1 unspecified atom stereocenters. The second kappa shape index (κ2) is 6.93. The number of nitrogens with one attached hydrogen (secondary N) is 3. The zero-order valence-electron chi connectivity index (χ0n) is 16.3. The lowest BCUT2D eigenvalue weighted by atomic mass is 9.93. The maximum absolute atomic E-state index is 6.89. The Hall–Kier alpha value is -3.32. The molecule has 0 amide bonds. The Morgan fingerprint density at radius 1 is 1.17 bits per heavy atom. The number of guanidine groups is 1. The Morgan fingerprint density at radius 3 is 2.72 bits per heavy atom. The van der Waals surface area contributed by atoms with Crippen molar-refractivity contribution in [3.05, 3.63) is 77.1 Å². The van der Waals surface area contributed by atoms with Gasteiger partial charge >= 0.3 is 0 Å². The van der Waals surface area contributed by atoms with E-state index in [0.717, 1.165) is 34.0 Å². The number of aromatic amines is 1. The maximum Gasteiger partial charge on any atom is 0.198 e. The summed E-state index contributed by atoms with van der Waals surface area (Å²) in [6.45, 7) is 0.519. The van der Waals surface area contributed by atoms with Crippen LogP contribution in [0.1, 0.15) is 41.3 Å². The minimum atomic E-state index is -0.954. The number of hydrogen-bond acceptors (Lipinski definition) is 4. The lowest BCUT2D eigenvalue weighted by molar-refractivity contribution is 0.414. The number of fused-ring (bicyclic) bond motifs is 1. The number of hydrogen-bond donors (Lipinski definition) is 4. The van der Waals surface area contributed by atoms with Crippen LogP contribution in [-0.2, 0) is 12.2 Å². The van der Waals surface area contributed by atoms with E-state index < -0.39 is 5.66 Å². The van der Waals surface area contributed by atoms with Gasteiger partial charge in [-0.3, -0.25) is 10.8 Å². The molecule has 7 heteroatoms. The SMILES string of the molecule is COc1ccc(CN=C2Nc3ccccc3C(N)(c3cc(C4CC4)[nH]n3)N2)cc1. The summed E-state index contributed by atoms with van der Waals surface area (Å²) in [5.41, 5.74) is 10.8. The maximum atomic E-state index is 6.89. The minimum absolute atomic E-state index is 0.519. The highest BCUT2D eigenvalue weighted by Crippen LogP contribution is 2.41. The molecule has 1 saturated carbocycles. The third-order valence-corrected chi connectivity index (χ3v) is 5.52. The van der Waals surface area contributed by atoms with Crippen LogP contribution in [0.2, 0.25) is 0 Å². The molecule has 2 aliphatic rings. The fourth-order valence-electron chi connectivity index (χ4n) is 3.67. The van der Waals surface area contributed by atoms with Gasteiger partial charge in [-0.25, -0.2) is 4.99 Å². The summed E-state index contributed by atoms with van der Waals surface area (Å²) in [7, 11) is 1.66. The van der Waals surface area contributed by atoms with Crippen LogP contribution in [0.25, 0.3) is 0 Å². The van der Waals surface area contributed by atoms with Gasteiger partial charge < -0.3 is 15.4 Å². The summed E-state index contributed by atoms with van der Waals surface area (Å²) < 4.78 is 5.22. The van der Waals surface area contributed by atoms with Crippen LogP contribution in [0.5, 0.6) is 5.75 Å². The molecular weight excluding hydrogens is 364 g/mol. The topological polar surface area (TPSA) is 100 Å². The van der Waals surface area contributed by atoms with Crippen molar-refractivity contribution in [2.45, 2.75) is 31.0 Å². The van der Waals surface area contributed by atoms with Crippen molar-refractivity contribution < 1.29 is 4.74 Å². The number of nitrogens with zero attached hydrogens (tertiary/aromatic N) is 2. The molecule has 1 aliphatic heterocycles. The largest absolute Gasteiger partial charge is 0.497 e. The number of anilines is 1. The Kier molecular flexibility index (Phi) is 4.24. The molecular formula is C22H24N6O. The number of nitrogens with two attached hydrogens (primary N) is 1. The molecule has 5 rings (SSSR count). The van der Waals surface area contributed by atoms with Gasteiger partial charge in [0.25, 0.3) is 0 Å². The lowest BCUT2D eigenvalue weighted by Crippen LogP contribution is -2.59. The number of aromatic nitrogens is 2. The number of benzene rings is 2. The molecule has 2 aromatic carbocycles. The average molecular weight is 388 g/mol. The van der Waals surface area contributed by atoms with Crippen molar-refractivity contribution >= 4 is 11.6 Å². The predicted octanol–water partition coefficient (Wildman–Crippen LogP) is 3.03. The van der Waals surface area contributed by atoms with Gasteiger partial charge in [0.15, 0.2) is 11.6 Å². The third-order valence-electron chi connectivity index (χ3n) is 5.52. The number of methoxy groups -OCH3 is 1. The van der Waals surface area contributed by atoms with Crippen molar-refractivity contribution in [1.82, 2.24) is 15.5 Å². The highest BCUT2D eigenvalue weighted by molar-refractivity contribution is 5.98. The zero-order valence-corrected chi connectivity index (χ0v) is 16.3. The smallest absolute Gasteiger partial charge is 0.198 e. The first-order valence-electron chi connectivity index (χ1n) is 9.82. The quantitative estimate of drug-likeness (QED) is 0.538. The Bertz CT molecular complexity index is 1050. The summed E-state index contributed by atoms with van der Waals surface area (Å²) in [5.74, 6) is 2.04. The van der Waals surface area contributed by atoms with E-state index in [9.17, 15) is 0 Å². The van der Waals surface area contributed by atoms with Gasteiger partial charge in [0, 0.05) is 22.9 Å². The highest BCUT2D eigenvalue weighted by atomic mass is 16.5. The molecule has 1 aliphatic carbocycles. The van der Waals surface area contributed by atoms with E-state index in [0.29, 0.717) is 18.4 Å². The molecule has 29 heavy (non-hydrogen) atoms. The number of aliphatic imine (C=N–C) groups is 1. The van der Waals surface area contributed by atoms with Gasteiger partial charge in [0.2, 0.25) is 0 Å². The van der Waals surface area contributed by atoms with Crippen molar-refractivity contribution in [2.75, 3.05) is 12.4 Å². The van der Waals surface area contributed by atoms with E-state index in [1.165, 1.54) is 12.8 Å². The molecule has 1 atom stereocenters. The molecule has 0 radical (unpaired) electrons. The molecule has 0 bridgehead atoms. The van der Waals surface area contributed by atoms with E-state index in [4.69, 9.17) is 15.5 Å². The van der Waals surface area contributed by atoms with Gasteiger partial charge in [-0.1, -0.05) is 30.3 Å². The molecule has 5 N–H and O–H groups in total. The van der Waals surface area contributed by atoms with Crippen LogP contribution in [0.3, 0.4) is 0 Å². The van der Waals surface area contributed by atoms with Crippen LogP contribution < -0.4 is 21.1 Å². The number of para-hydroxylation sites is 1. The Balaban J connectivity index is 1.46. The van der Waals surface area contributed by atoms with Crippen molar-refractivity contribution in [3.63, 3.8) is 0 Å². The normalized spacial score (nSPS) is 21.9. The first-order chi connectivity index (χ1) is 14.2. The summed E-state index contributed by atoms with van der Waals surface area (Å²) in [6, 6.07) is 17.9. The molecule has 7 nitrogen and oxygen atoms in total. The van der Waals surface area contributed by atoms with Crippen LogP contribution >= 0.6 is 0 Å². The zero-order chi connectivity index (χ0) is 19.8. The van der Waals surface area contributed by atoms with Crippen LogP contribution in [-0.4, -0.2) is 23.3 Å². The predicted molar refractivity (Wildman–Crippen MR) is 113 cm³/mol. The van der Waals surface area contributed by atoms with E-state index in [-0.39, 0.29) is 0 Å². The average Bonchev–Trinajstić information content (AvgIpc) is 3.48. The summed E-state index contributed by atoms with van der Waals surface area (Å²) in [5, 5.41) is 14.4. The van der Waals surface area contributed by atoms with Crippen LogP contribution in [0.15, 0.2) is 59.6 Å². The third kappa shape index (κ3) is 3.34. The first kappa shape index (κ1) is 17.8. The summed E-state index contributed by atoms with van der Waals surface area (Å²) >= 11 is 0. The second-order valence-electron chi connectivity index (χ2n) is 7.60. The van der Waals surface area contributed by atoms with E-state index >= 15 is 0 Å². The van der Waals surface area contributed by atoms with E-state index in [1.807, 2.05) is 48.5 Å². The first-order valence-corrected chi connectivity index (χ1v) is 9.82. The number of rotatable bonds is 5. The van der Waals surface area contributed by atoms with Crippen molar-refractivity contribution in [2.24, 2.45) is 10.7 Å². The van der Waals surface area contributed by atoms with Crippen LogP contribution in [0, 0.1) is 0 Å². The fourth-order valence-corrected chi connectivity index (χ4v) is 3.67. The molecule has 2 heterocycles. The second-order valence-corrected chi connectivity index (χ2v) is 7.60. The monoisotopic (exact) mass is 388 g/mol. The molecule has 3 aromatic rings. The van der Waals surface area contributed by atoms with Gasteiger partial charge in [-0.15, -0.1) is 0 Å². The summed E-state index contributed by atoms with van der Waals surface area (Å²) in [6.07, 6.45) is 2.42. The van der Waals surface area contributed by atoms with Crippen molar-refractivity contribution in [3.8, 4) is 5.75 Å². The molecule has 0 saturated heterocycles. The highest BCUT2D eigenvalue weighted by Gasteiger charge is 2.39. The van der Waals surface area contributed by atoms with Gasteiger partial charge in [0.05, 0.1) is 13.7 Å². The number of ether oxygens (including phenoxy) is 1. The Morgan fingerprint density at radius 2 is 1.97 bits per heavy atom. The standard InChI is InChI=1S/C22H24N6O/c1-29-16-10-6-14(7-11-16)13-24-21-25-18-5-3-2-4-17(18)22(23,26-21)20-12-19(27-28-20)15-8-9-15/h2-7,10-12,15H,8-9,13,23H2,1H3,(H,27,28)(H2,24,25,26). The fraction of sp³-hybridized carbons (Fsp3) is 0.273. The molecule has 1 fully saturated rings. The lowest BCUT2D eigenvalue weighted by Gasteiger charge is -2.37. The number of H-pyrrole nitrogens is 1. The minimum Gasteiger partial charge on any atom is -0.497 e. The van der Waals surface area contributed by atoms with Gasteiger partial charge in [0.1, 0.15) is 11.4 Å². The summed E-state index contributed by atoms with van der Waals surface area (Å²) in [4.78, 5) is 4.72. The van der Waals surface area contributed by atoms with Gasteiger partial charge in [-0.2, -0.15) is 5.10 Å².